The monoisotopic (exact) mass is 474 g/mol. The lowest BCUT2D eigenvalue weighted by molar-refractivity contribution is -0.144. The standard InChI is InChI=1S/C27H54O6/c1-4-7-9-10-11-12-13-18-33-27(28)16-14-17-29-19-20-30-21-22-31-23-24-32-25-26(6-3)15-8-5-2/h26H,4-25H2,1-3H3. The molecule has 0 N–H and O–H groups in total. The van der Waals surface area contributed by atoms with Gasteiger partial charge in [-0.25, -0.2) is 0 Å². The fraction of sp³-hybridized carbons (Fsp3) is 0.963. The van der Waals surface area contributed by atoms with Crippen LogP contribution < -0.4 is 0 Å². The van der Waals surface area contributed by atoms with Crippen molar-refractivity contribution in [2.45, 2.75) is 104 Å². The molecule has 0 aliphatic carbocycles. The molecule has 0 bridgehead atoms. The maximum atomic E-state index is 11.7. The van der Waals surface area contributed by atoms with E-state index in [1.54, 1.807) is 0 Å². The van der Waals surface area contributed by atoms with Crippen molar-refractivity contribution < 1.29 is 28.5 Å². The van der Waals surface area contributed by atoms with Gasteiger partial charge in [-0.1, -0.05) is 78.6 Å². The summed E-state index contributed by atoms with van der Waals surface area (Å²) in [6, 6.07) is 0. The zero-order chi connectivity index (χ0) is 24.2. The van der Waals surface area contributed by atoms with Crippen LogP contribution in [0.1, 0.15) is 104 Å². The van der Waals surface area contributed by atoms with Crippen LogP contribution >= 0.6 is 0 Å². The summed E-state index contributed by atoms with van der Waals surface area (Å²) in [6.45, 7) is 12.1. The summed E-state index contributed by atoms with van der Waals surface area (Å²) in [6.07, 6.45) is 14.7. The molecule has 0 heterocycles. The molecule has 0 spiro atoms. The van der Waals surface area contributed by atoms with Crippen molar-refractivity contribution in [3.8, 4) is 0 Å². The third-order valence-corrected chi connectivity index (χ3v) is 5.69. The van der Waals surface area contributed by atoms with E-state index in [1.807, 2.05) is 0 Å². The zero-order valence-electron chi connectivity index (χ0n) is 22.1. The third kappa shape index (κ3) is 25.8. The quantitative estimate of drug-likeness (QED) is 0.102. The Kier molecular flexibility index (Phi) is 27.0. The summed E-state index contributed by atoms with van der Waals surface area (Å²) in [4.78, 5) is 11.7. The van der Waals surface area contributed by atoms with Crippen LogP contribution in [-0.4, -0.2) is 65.4 Å². The Morgan fingerprint density at radius 3 is 1.73 bits per heavy atom. The summed E-state index contributed by atoms with van der Waals surface area (Å²) in [5, 5.41) is 0. The fourth-order valence-corrected chi connectivity index (χ4v) is 3.44. The average molecular weight is 475 g/mol. The maximum Gasteiger partial charge on any atom is 0.305 e. The van der Waals surface area contributed by atoms with Crippen molar-refractivity contribution in [3.05, 3.63) is 0 Å². The van der Waals surface area contributed by atoms with Crippen LogP contribution in [0.25, 0.3) is 0 Å². The van der Waals surface area contributed by atoms with E-state index in [2.05, 4.69) is 20.8 Å². The average Bonchev–Trinajstić information content (AvgIpc) is 2.82. The van der Waals surface area contributed by atoms with Gasteiger partial charge in [-0.2, -0.15) is 0 Å². The van der Waals surface area contributed by atoms with Gasteiger partial charge in [0.2, 0.25) is 0 Å². The van der Waals surface area contributed by atoms with E-state index in [-0.39, 0.29) is 5.97 Å². The fourth-order valence-electron chi connectivity index (χ4n) is 3.44. The van der Waals surface area contributed by atoms with E-state index < -0.39 is 0 Å². The van der Waals surface area contributed by atoms with Crippen LogP contribution in [0.15, 0.2) is 0 Å². The third-order valence-electron chi connectivity index (χ3n) is 5.69. The lowest BCUT2D eigenvalue weighted by Crippen LogP contribution is -2.14. The predicted molar refractivity (Wildman–Crippen MR) is 135 cm³/mol. The van der Waals surface area contributed by atoms with Gasteiger partial charge in [-0.15, -0.1) is 0 Å². The predicted octanol–water partition coefficient (Wildman–Crippen LogP) is 6.34. The van der Waals surface area contributed by atoms with Gasteiger partial charge in [-0.05, 0) is 25.2 Å². The molecule has 0 rings (SSSR count). The van der Waals surface area contributed by atoms with Gasteiger partial charge >= 0.3 is 5.97 Å². The van der Waals surface area contributed by atoms with E-state index in [0.29, 0.717) is 71.6 Å². The molecule has 0 saturated heterocycles. The molecular weight excluding hydrogens is 420 g/mol. The molecule has 1 atom stereocenters. The number of ether oxygens (including phenoxy) is 5. The molecule has 33 heavy (non-hydrogen) atoms. The van der Waals surface area contributed by atoms with Gasteiger partial charge in [0, 0.05) is 19.6 Å². The van der Waals surface area contributed by atoms with Crippen molar-refractivity contribution in [2.24, 2.45) is 5.92 Å². The topological polar surface area (TPSA) is 63.2 Å². The van der Waals surface area contributed by atoms with Crippen LogP contribution in [-0.2, 0) is 28.5 Å². The first-order valence-electron chi connectivity index (χ1n) is 13.7. The van der Waals surface area contributed by atoms with Crippen LogP contribution in [0.3, 0.4) is 0 Å². The van der Waals surface area contributed by atoms with Gasteiger partial charge in [0.1, 0.15) is 0 Å². The molecule has 0 aromatic heterocycles. The highest BCUT2D eigenvalue weighted by atomic mass is 16.6. The van der Waals surface area contributed by atoms with Crippen LogP contribution in [0.4, 0.5) is 0 Å². The van der Waals surface area contributed by atoms with Gasteiger partial charge in [0.05, 0.1) is 46.2 Å². The Labute approximate surface area is 204 Å². The lowest BCUT2D eigenvalue weighted by atomic mass is 10.0. The largest absolute Gasteiger partial charge is 0.466 e. The second-order valence-corrected chi connectivity index (χ2v) is 8.77. The molecular formula is C27H54O6. The molecule has 0 radical (unpaired) electrons. The van der Waals surface area contributed by atoms with Crippen LogP contribution in [0, 0.1) is 5.92 Å². The lowest BCUT2D eigenvalue weighted by Gasteiger charge is -2.14. The van der Waals surface area contributed by atoms with Gasteiger partial charge < -0.3 is 23.7 Å². The molecule has 6 heteroatoms. The molecule has 0 aliphatic heterocycles. The molecule has 1 unspecified atom stereocenters. The minimum Gasteiger partial charge on any atom is -0.466 e. The Morgan fingerprint density at radius 2 is 1.12 bits per heavy atom. The van der Waals surface area contributed by atoms with Crippen molar-refractivity contribution in [1.82, 2.24) is 0 Å². The van der Waals surface area contributed by atoms with E-state index in [9.17, 15) is 4.79 Å². The first-order chi connectivity index (χ1) is 16.2. The van der Waals surface area contributed by atoms with Crippen molar-refractivity contribution in [1.29, 1.82) is 0 Å². The second kappa shape index (κ2) is 27.6. The molecule has 0 fully saturated rings. The summed E-state index contributed by atoms with van der Waals surface area (Å²) >= 11 is 0. The van der Waals surface area contributed by atoms with E-state index >= 15 is 0 Å². The SMILES string of the molecule is CCCCCCCCCOC(=O)CCCOCCOCCOCCOCC(CC)CCCC. The number of hydrogen-bond donors (Lipinski definition) is 0. The molecule has 0 saturated carbocycles. The first kappa shape index (κ1) is 32.3. The number of rotatable bonds is 27. The molecule has 6 nitrogen and oxygen atoms in total. The van der Waals surface area contributed by atoms with Crippen LogP contribution in [0.2, 0.25) is 0 Å². The zero-order valence-corrected chi connectivity index (χ0v) is 22.1. The van der Waals surface area contributed by atoms with E-state index in [1.165, 1.54) is 57.8 Å². The number of hydrogen-bond acceptors (Lipinski definition) is 6. The minimum absolute atomic E-state index is 0.117. The summed E-state index contributed by atoms with van der Waals surface area (Å²) in [5.41, 5.74) is 0. The van der Waals surface area contributed by atoms with E-state index in [4.69, 9.17) is 23.7 Å². The Balaban J connectivity index is 3.22. The first-order valence-corrected chi connectivity index (χ1v) is 13.7. The highest BCUT2D eigenvalue weighted by Gasteiger charge is 2.05. The Bertz CT molecular complexity index is 391. The molecule has 0 aromatic rings. The number of carbonyl (C=O) groups excluding carboxylic acids is 1. The number of esters is 1. The van der Waals surface area contributed by atoms with Gasteiger partial charge in [0.25, 0.3) is 0 Å². The summed E-state index contributed by atoms with van der Waals surface area (Å²) < 4.78 is 27.5. The normalized spacial score (nSPS) is 12.2. The maximum absolute atomic E-state index is 11.7. The minimum atomic E-state index is -0.117. The van der Waals surface area contributed by atoms with E-state index in [0.717, 1.165) is 19.4 Å². The second-order valence-electron chi connectivity index (χ2n) is 8.77. The van der Waals surface area contributed by atoms with Gasteiger partial charge in [-0.3, -0.25) is 4.79 Å². The molecule has 0 aromatic carbocycles. The summed E-state index contributed by atoms with van der Waals surface area (Å²) in [7, 11) is 0. The Morgan fingerprint density at radius 1 is 0.576 bits per heavy atom. The smallest absolute Gasteiger partial charge is 0.305 e. The van der Waals surface area contributed by atoms with Gasteiger partial charge in [0.15, 0.2) is 0 Å². The highest BCUT2D eigenvalue weighted by molar-refractivity contribution is 5.69. The Hall–Kier alpha value is -0.690. The van der Waals surface area contributed by atoms with Crippen molar-refractivity contribution >= 4 is 5.97 Å². The number of carbonyl (C=O) groups is 1. The van der Waals surface area contributed by atoms with Crippen molar-refractivity contribution in [2.75, 3.05) is 59.5 Å². The highest BCUT2D eigenvalue weighted by Crippen LogP contribution is 2.12. The number of unbranched alkanes of at least 4 members (excludes halogenated alkanes) is 7. The molecule has 198 valence electrons. The summed E-state index contributed by atoms with van der Waals surface area (Å²) in [5.74, 6) is 0.557. The molecule has 0 aliphatic rings. The van der Waals surface area contributed by atoms with Crippen molar-refractivity contribution in [3.63, 3.8) is 0 Å². The molecule has 0 amide bonds. The van der Waals surface area contributed by atoms with Crippen LogP contribution in [0.5, 0.6) is 0 Å².